The molecule has 2 amide bonds. The number of hydrogen-bond acceptors (Lipinski definition) is 3. The molecular formula is C18H27N3O3. The second-order valence-electron chi connectivity index (χ2n) is 7.70. The molecule has 0 aromatic carbocycles. The third-order valence-corrected chi connectivity index (χ3v) is 5.54. The molecule has 1 saturated carbocycles. The molecule has 2 aliphatic rings. The number of likely N-dealkylation sites (tertiary alicyclic amines) is 1. The van der Waals surface area contributed by atoms with Gasteiger partial charge in [-0.05, 0) is 43.9 Å². The van der Waals surface area contributed by atoms with Crippen LogP contribution in [0.3, 0.4) is 0 Å². The first-order valence-corrected chi connectivity index (χ1v) is 9.00. The average molecular weight is 333 g/mol. The minimum absolute atomic E-state index is 0.200. The van der Waals surface area contributed by atoms with Crippen LogP contribution < -0.4 is 0 Å². The zero-order chi connectivity index (χ0) is 17.3. The summed E-state index contributed by atoms with van der Waals surface area (Å²) in [6, 6.07) is 0.513. The Morgan fingerprint density at radius 3 is 2.62 bits per heavy atom. The lowest BCUT2D eigenvalue weighted by Crippen LogP contribution is -2.47. The van der Waals surface area contributed by atoms with Gasteiger partial charge in [0.1, 0.15) is 0 Å². The zero-order valence-corrected chi connectivity index (χ0v) is 14.5. The van der Waals surface area contributed by atoms with Crippen LogP contribution in [0.4, 0.5) is 4.79 Å². The van der Waals surface area contributed by atoms with Crippen LogP contribution in [0.2, 0.25) is 0 Å². The summed E-state index contributed by atoms with van der Waals surface area (Å²) in [7, 11) is 0. The predicted molar refractivity (Wildman–Crippen MR) is 89.6 cm³/mol. The third kappa shape index (κ3) is 3.62. The van der Waals surface area contributed by atoms with Crippen molar-refractivity contribution in [2.75, 3.05) is 6.54 Å². The second-order valence-corrected chi connectivity index (χ2v) is 7.70. The molecule has 0 unspecified atom stereocenters. The topological polar surface area (TPSA) is 75.4 Å². The smallest absolute Gasteiger partial charge is 0.414 e. The van der Waals surface area contributed by atoms with Gasteiger partial charge in [-0.15, -0.1) is 0 Å². The highest BCUT2D eigenvalue weighted by Gasteiger charge is 2.36. The van der Waals surface area contributed by atoms with Gasteiger partial charge < -0.3 is 9.67 Å². The van der Waals surface area contributed by atoms with Crippen LogP contribution in [-0.2, 0) is 11.2 Å². The maximum absolute atomic E-state index is 12.4. The highest BCUT2D eigenvalue weighted by molar-refractivity contribution is 5.93. The van der Waals surface area contributed by atoms with Crippen LogP contribution in [0.5, 0.6) is 0 Å². The van der Waals surface area contributed by atoms with Gasteiger partial charge in [-0.3, -0.25) is 4.79 Å². The first-order chi connectivity index (χ1) is 11.4. The van der Waals surface area contributed by atoms with E-state index in [9.17, 15) is 14.7 Å². The molecule has 6 heteroatoms. The second kappa shape index (κ2) is 6.95. The highest BCUT2D eigenvalue weighted by Crippen LogP contribution is 2.32. The molecule has 2 atom stereocenters. The Morgan fingerprint density at radius 1 is 1.25 bits per heavy atom. The van der Waals surface area contributed by atoms with E-state index in [1.807, 2.05) is 13.3 Å². The zero-order valence-electron chi connectivity index (χ0n) is 14.5. The van der Waals surface area contributed by atoms with Gasteiger partial charge >= 0.3 is 6.09 Å². The molecule has 1 aromatic rings. The molecule has 0 bridgehead atoms. The van der Waals surface area contributed by atoms with Gasteiger partial charge in [-0.2, -0.15) is 0 Å². The van der Waals surface area contributed by atoms with Gasteiger partial charge in [0.2, 0.25) is 5.91 Å². The average Bonchev–Trinajstić information content (AvgIpc) is 2.99. The highest BCUT2D eigenvalue weighted by atomic mass is 16.4. The van der Waals surface area contributed by atoms with Crippen molar-refractivity contribution in [2.45, 2.75) is 58.4 Å². The number of amides is 2. The van der Waals surface area contributed by atoms with Gasteiger partial charge in [0, 0.05) is 31.1 Å². The lowest BCUT2D eigenvalue weighted by molar-refractivity contribution is -0.137. The number of hydrogen-bond donors (Lipinski definition) is 1. The van der Waals surface area contributed by atoms with Gasteiger partial charge in [0.25, 0.3) is 0 Å². The minimum atomic E-state index is -1.14. The summed E-state index contributed by atoms with van der Waals surface area (Å²) in [6.45, 7) is 4.61. The molecule has 24 heavy (non-hydrogen) atoms. The van der Waals surface area contributed by atoms with Crippen molar-refractivity contribution < 1.29 is 14.7 Å². The molecule has 2 heterocycles. The van der Waals surface area contributed by atoms with E-state index < -0.39 is 6.09 Å². The number of aromatic nitrogens is 2. The Kier molecular flexibility index (Phi) is 4.92. The van der Waals surface area contributed by atoms with E-state index in [0.717, 1.165) is 22.9 Å². The van der Waals surface area contributed by atoms with Crippen molar-refractivity contribution >= 4 is 12.0 Å². The number of rotatable bonds is 3. The lowest BCUT2D eigenvalue weighted by Gasteiger charge is -2.32. The van der Waals surface area contributed by atoms with Crippen LogP contribution in [0, 0.1) is 17.8 Å². The first-order valence-electron chi connectivity index (χ1n) is 9.00. The van der Waals surface area contributed by atoms with E-state index in [2.05, 4.69) is 22.7 Å². The van der Waals surface area contributed by atoms with E-state index >= 15 is 0 Å². The van der Waals surface area contributed by atoms with Crippen molar-refractivity contribution in [1.29, 1.82) is 0 Å². The Morgan fingerprint density at radius 2 is 1.96 bits per heavy atom. The third-order valence-electron chi connectivity index (χ3n) is 5.54. The van der Waals surface area contributed by atoms with Crippen molar-refractivity contribution in [2.24, 2.45) is 17.8 Å². The number of imide groups is 1. The van der Waals surface area contributed by atoms with Gasteiger partial charge in [0.15, 0.2) is 0 Å². The summed E-state index contributed by atoms with van der Waals surface area (Å²) in [6.07, 6.45) is 8.93. The fourth-order valence-electron chi connectivity index (χ4n) is 4.10. The van der Waals surface area contributed by atoms with Crippen molar-refractivity contribution in [3.05, 3.63) is 18.2 Å². The van der Waals surface area contributed by atoms with Crippen LogP contribution >= 0.6 is 0 Å². The normalized spacial score (nSPS) is 31.2. The summed E-state index contributed by atoms with van der Waals surface area (Å²) >= 11 is 0. The number of carboxylic acid groups (broad SMARTS) is 1. The molecule has 1 aliphatic carbocycles. The van der Waals surface area contributed by atoms with E-state index in [4.69, 9.17) is 0 Å². The summed E-state index contributed by atoms with van der Waals surface area (Å²) < 4.78 is 2.19. The monoisotopic (exact) mass is 333 g/mol. The Labute approximate surface area is 142 Å². The first kappa shape index (κ1) is 17.0. The summed E-state index contributed by atoms with van der Waals surface area (Å²) in [4.78, 5) is 29.1. The standard InChI is InChI=1S/C18H27N3O3/c1-12-3-5-16(6-4-12)20-10-15(19-11-20)8-14-7-13(2)9-21(17(14)22)18(23)24/h10-14,16H,3-9H2,1-2H3,(H,23,24)/t12?,13-,14-,16?/m1/s1. The summed E-state index contributed by atoms with van der Waals surface area (Å²) in [5, 5.41) is 9.19. The molecule has 2 fully saturated rings. The number of nitrogens with zero attached hydrogens (tertiary/aromatic N) is 3. The molecule has 132 valence electrons. The number of piperidine rings is 1. The summed E-state index contributed by atoms with van der Waals surface area (Å²) in [5.74, 6) is 0.458. The molecule has 0 radical (unpaired) electrons. The number of carbonyl (C=O) groups is 2. The van der Waals surface area contributed by atoms with Crippen LogP contribution in [0.15, 0.2) is 12.5 Å². The Bertz CT molecular complexity index is 604. The molecular weight excluding hydrogens is 306 g/mol. The lowest BCUT2D eigenvalue weighted by atomic mass is 9.86. The van der Waals surface area contributed by atoms with Gasteiger partial charge in [-0.1, -0.05) is 13.8 Å². The predicted octanol–water partition coefficient (Wildman–Crippen LogP) is 3.34. The molecule has 1 saturated heterocycles. The van der Waals surface area contributed by atoms with Gasteiger partial charge in [0.05, 0.1) is 12.0 Å². The van der Waals surface area contributed by atoms with E-state index in [1.54, 1.807) is 0 Å². The van der Waals surface area contributed by atoms with Crippen molar-refractivity contribution in [3.8, 4) is 0 Å². The maximum Gasteiger partial charge on any atom is 0.414 e. The van der Waals surface area contributed by atoms with E-state index in [0.29, 0.717) is 19.0 Å². The Hall–Kier alpha value is -1.85. The van der Waals surface area contributed by atoms with E-state index in [-0.39, 0.29) is 17.7 Å². The molecule has 3 rings (SSSR count). The Balaban J connectivity index is 1.65. The van der Waals surface area contributed by atoms with Crippen molar-refractivity contribution in [3.63, 3.8) is 0 Å². The van der Waals surface area contributed by atoms with Crippen LogP contribution in [0.25, 0.3) is 0 Å². The number of carbonyl (C=O) groups excluding carboxylic acids is 1. The van der Waals surface area contributed by atoms with Crippen LogP contribution in [-0.4, -0.2) is 38.1 Å². The van der Waals surface area contributed by atoms with Crippen LogP contribution in [0.1, 0.15) is 57.7 Å². The molecule has 1 N–H and O–H groups in total. The maximum atomic E-state index is 12.4. The quantitative estimate of drug-likeness (QED) is 0.920. The van der Waals surface area contributed by atoms with Gasteiger partial charge in [-0.25, -0.2) is 14.7 Å². The molecule has 0 spiro atoms. The fraction of sp³-hybridized carbons (Fsp3) is 0.722. The van der Waals surface area contributed by atoms with Crippen molar-refractivity contribution in [1.82, 2.24) is 14.5 Å². The number of imidazole rings is 1. The SMILES string of the molecule is CC1CCC(n2cnc(C[C@H]3C[C@@H](C)CN(C(=O)O)C3=O)c2)CC1. The summed E-state index contributed by atoms with van der Waals surface area (Å²) in [5.41, 5.74) is 0.895. The molecule has 1 aliphatic heterocycles. The fourth-order valence-corrected chi connectivity index (χ4v) is 4.10. The minimum Gasteiger partial charge on any atom is -0.465 e. The molecule has 1 aromatic heterocycles. The largest absolute Gasteiger partial charge is 0.465 e. The van der Waals surface area contributed by atoms with E-state index in [1.165, 1.54) is 25.7 Å². The molecule has 6 nitrogen and oxygen atoms in total.